The number of esters is 1. The van der Waals surface area contributed by atoms with Gasteiger partial charge in [0, 0.05) is 13.0 Å². The first-order chi connectivity index (χ1) is 9.22. The molecule has 1 rings (SSSR count). The minimum atomic E-state index is -1.87. The highest BCUT2D eigenvalue weighted by Crippen LogP contribution is 2.43. The van der Waals surface area contributed by atoms with Gasteiger partial charge in [-0.15, -0.1) is 5.73 Å². The van der Waals surface area contributed by atoms with Crippen LogP contribution in [0.1, 0.15) is 41.0 Å². The van der Waals surface area contributed by atoms with E-state index in [1.54, 1.807) is 0 Å². The molecule has 1 saturated heterocycles. The van der Waals surface area contributed by atoms with Gasteiger partial charge in [0.25, 0.3) is 0 Å². The molecule has 0 radical (unpaired) electrons. The molecule has 1 aliphatic heterocycles. The summed E-state index contributed by atoms with van der Waals surface area (Å²) in [6.07, 6.45) is -0.168. The SMILES string of the molecule is C=C=C[C@@]1(F)[C@H](OC(C)=O)[C@@H](CC(C)C)O[C@H]1C(C)C. The number of ether oxygens (including phenoxy) is 2. The number of hydrogen-bond donors (Lipinski definition) is 0. The first-order valence-electron chi connectivity index (χ1n) is 7.11. The fourth-order valence-corrected chi connectivity index (χ4v) is 2.79. The van der Waals surface area contributed by atoms with Gasteiger partial charge >= 0.3 is 5.97 Å². The number of alkyl halides is 1. The molecule has 0 spiro atoms. The van der Waals surface area contributed by atoms with Crippen molar-refractivity contribution in [2.24, 2.45) is 11.8 Å². The molecule has 0 N–H and O–H groups in total. The molecule has 0 aliphatic carbocycles. The molecule has 4 atom stereocenters. The zero-order chi connectivity index (χ0) is 15.5. The summed E-state index contributed by atoms with van der Waals surface area (Å²) in [5.41, 5.74) is 0.617. The second-order valence-corrected chi connectivity index (χ2v) is 6.17. The predicted molar refractivity (Wildman–Crippen MR) is 76.1 cm³/mol. The molecule has 1 heterocycles. The minimum absolute atomic E-state index is 0.0418. The van der Waals surface area contributed by atoms with Crippen LogP contribution in [0, 0.1) is 11.8 Å². The number of carbonyl (C=O) groups excluding carboxylic acids is 1. The summed E-state index contributed by atoms with van der Waals surface area (Å²) in [6.45, 7) is 12.6. The average molecular weight is 284 g/mol. The quantitative estimate of drug-likeness (QED) is 0.573. The lowest BCUT2D eigenvalue weighted by atomic mass is 9.85. The van der Waals surface area contributed by atoms with Gasteiger partial charge in [0.1, 0.15) is 6.10 Å². The lowest BCUT2D eigenvalue weighted by Gasteiger charge is -2.29. The van der Waals surface area contributed by atoms with Crippen LogP contribution in [-0.4, -0.2) is 29.9 Å². The van der Waals surface area contributed by atoms with Crippen molar-refractivity contribution in [1.82, 2.24) is 0 Å². The summed E-state index contributed by atoms with van der Waals surface area (Å²) in [6, 6.07) is 0. The normalized spacial score (nSPS) is 33.3. The number of hydrogen-bond acceptors (Lipinski definition) is 3. The van der Waals surface area contributed by atoms with Crippen LogP contribution in [0.2, 0.25) is 0 Å². The molecular formula is C16H25FO3. The lowest BCUT2D eigenvalue weighted by Crippen LogP contribution is -2.46. The summed E-state index contributed by atoms with van der Waals surface area (Å²) in [5.74, 6) is -0.225. The van der Waals surface area contributed by atoms with E-state index in [0.29, 0.717) is 12.3 Å². The van der Waals surface area contributed by atoms with Crippen LogP contribution >= 0.6 is 0 Å². The molecule has 114 valence electrons. The first-order valence-corrected chi connectivity index (χ1v) is 7.11. The molecule has 0 amide bonds. The summed E-state index contributed by atoms with van der Waals surface area (Å²) in [7, 11) is 0. The van der Waals surface area contributed by atoms with Crippen molar-refractivity contribution in [3.8, 4) is 0 Å². The fraction of sp³-hybridized carbons (Fsp3) is 0.750. The van der Waals surface area contributed by atoms with E-state index in [2.05, 4.69) is 12.3 Å². The van der Waals surface area contributed by atoms with Crippen molar-refractivity contribution in [2.75, 3.05) is 0 Å². The monoisotopic (exact) mass is 284 g/mol. The van der Waals surface area contributed by atoms with Crippen molar-refractivity contribution < 1.29 is 18.7 Å². The zero-order valence-corrected chi connectivity index (χ0v) is 13.0. The van der Waals surface area contributed by atoms with Crippen molar-refractivity contribution in [3.63, 3.8) is 0 Å². The maximum absolute atomic E-state index is 15.4. The standard InChI is InChI=1S/C16H25FO3/c1-7-8-16(17)14(11(4)5)20-13(9-10(2)3)15(16)19-12(6)18/h8,10-11,13-15H,1,9H2,2-6H3/t13-,14+,15-,16+/m1/s1. The van der Waals surface area contributed by atoms with Crippen molar-refractivity contribution >= 4 is 5.97 Å². The Morgan fingerprint density at radius 2 is 2.10 bits per heavy atom. The minimum Gasteiger partial charge on any atom is -0.456 e. The van der Waals surface area contributed by atoms with Gasteiger partial charge in [0.05, 0.1) is 6.10 Å². The third-order valence-corrected chi connectivity index (χ3v) is 3.46. The molecular weight excluding hydrogens is 259 g/mol. The van der Waals surface area contributed by atoms with Crippen molar-refractivity contribution in [1.29, 1.82) is 0 Å². The Labute approximate surface area is 120 Å². The molecule has 0 aromatic carbocycles. The van der Waals surface area contributed by atoms with Crippen LogP contribution in [-0.2, 0) is 14.3 Å². The van der Waals surface area contributed by atoms with Gasteiger partial charge in [-0.25, -0.2) is 4.39 Å². The third kappa shape index (κ3) is 3.50. The molecule has 20 heavy (non-hydrogen) atoms. The van der Waals surface area contributed by atoms with Gasteiger partial charge in [0.15, 0.2) is 6.10 Å². The van der Waals surface area contributed by atoms with Crippen LogP contribution in [0.25, 0.3) is 0 Å². The topological polar surface area (TPSA) is 35.5 Å². The van der Waals surface area contributed by atoms with Crippen LogP contribution in [0.3, 0.4) is 0 Å². The lowest BCUT2D eigenvalue weighted by molar-refractivity contribution is -0.153. The highest BCUT2D eigenvalue weighted by Gasteiger charge is 2.59. The molecule has 0 aromatic heterocycles. The highest BCUT2D eigenvalue weighted by molar-refractivity contribution is 5.66. The largest absolute Gasteiger partial charge is 0.456 e. The molecule has 0 unspecified atom stereocenters. The van der Waals surface area contributed by atoms with Gasteiger partial charge in [-0.3, -0.25) is 4.79 Å². The number of carbonyl (C=O) groups is 1. The second kappa shape index (κ2) is 6.55. The van der Waals surface area contributed by atoms with Gasteiger partial charge < -0.3 is 9.47 Å². The number of rotatable bonds is 5. The van der Waals surface area contributed by atoms with E-state index in [1.165, 1.54) is 13.0 Å². The summed E-state index contributed by atoms with van der Waals surface area (Å²) >= 11 is 0. The maximum atomic E-state index is 15.4. The van der Waals surface area contributed by atoms with E-state index in [4.69, 9.17) is 9.47 Å². The Hall–Kier alpha value is -1.12. The molecule has 0 bridgehead atoms. The van der Waals surface area contributed by atoms with Crippen LogP contribution in [0.4, 0.5) is 4.39 Å². The van der Waals surface area contributed by atoms with Gasteiger partial charge in [0.2, 0.25) is 5.67 Å². The van der Waals surface area contributed by atoms with Crippen LogP contribution in [0.5, 0.6) is 0 Å². The van der Waals surface area contributed by atoms with Crippen molar-refractivity contribution in [2.45, 2.75) is 65.0 Å². The molecule has 1 fully saturated rings. The number of halogens is 1. The van der Waals surface area contributed by atoms with E-state index in [-0.39, 0.29) is 5.92 Å². The Morgan fingerprint density at radius 1 is 1.50 bits per heavy atom. The molecule has 3 nitrogen and oxygen atoms in total. The first kappa shape index (κ1) is 16.9. The molecule has 4 heteroatoms. The summed E-state index contributed by atoms with van der Waals surface area (Å²) < 4.78 is 26.5. The van der Waals surface area contributed by atoms with Crippen LogP contribution in [0.15, 0.2) is 18.4 Å². The van der Waals surface area contributed by atoms with Crippen LogP contribution < -0.4 is 0 Å². The van der Waals surface area contributed by atoms with Gasteiger partial charge in [-0.1, -0.05) is 34.3 Å². The Morgan fingerprint density at radius 3 is 2.50 bits per heavy atom. The maximum Gasteiger partial charge on any atom is 0.303 e. The molecule has 0 saturated carbocycles. The summed E-state index contributed by atoms with van der Waals surface area (Å²) in [4.78, 5) is 11.3. The zero-order valence-electron chi connectivity index (χ0n) is 13.0. The predicted octanol–water partition coefficient (Wildman–Crippen LogP) is 3.44. The summed E-state index contributed by atoms with van der Waals surface area (Å²) in [5, 5.41) is 0. The Kier molecular flexibility index (Phi) is 5.55. The van der Waals surface area contributed by atoms with E-state index in [9.17, 15) is 4.79 Å². The van der Waals surface area contributed by atoms with Gasteiger partial charge in [-0.2, -0.15) is 0 Å². The fourth-order valence-electron chi connectivity index (χ4n) is 2.79. The van der Waals surface area contributed by atoms with E-state index < -0.39 is 29.9 Å². The average Bonchev–Trinajstić information content (AvgIpc) is 2.53. The van der Waals surface area contributed by atoms with Gasteiger partial charge in [-0.05, 0) is 18.3 Å². The molecule has 0 aromatic rings. The highest BCUT2D eigenvalue weighted by atomic mass is 19.1. The Balaban J connectivity index is 3.16. The second-order valence-electron chi connectivity index (χ2n) is 6.17. The smallest absolute Gasteiger partial charge is 0.303 e. The van der Waals surface area contributed by atoms with E-state index >= 15 is 4.39 Å². The van der Waals surface area contributed by atoms with E-state index in [0.717, 1.165) is 0 Å². The van der Waals surface area contributed by atoms with Crippen molar-refractivity contribution in [3.05, 3.63) is 18.4 Å². The third-order valence-electron chi connectivity index (χ3n) is 3.46. The van der Waals surface area contributed by atoms with E-state index in [1.807, 2.05) is 27.7 Å². The molecule has 1 aliphatic rings. The Bertz CT molecular complexity index is 399.